The molecule has 1 aliphatic carbocycles. The first-order chi connectivity index (χ1) is 7.63. The van der Waals surface area contributed by atoms with Gasteiger partial charge in [0.2, 0.25) is 0 Å². The summed E-state index contributed by atoms with van der Waals surface area (Å²) < 4.78 is 10.7. The molecule has 0 N–H and O–H groups in total. The molecule has 0 aromatic rings. The first kappa shape index (κ1) is 13.1. The molecule has 92 valence electrons. The number of rotatable bonds is 4. The first-order valence-electron chi connectivity index (χ1n) is 6.14. The van der Waals surface area contributed by atoms with Crippen LogP contribution < -0.4 is 0 Å². The van der Waals surface area contributed by atoms with Crippen LogP contribution in [-0.4, -0.2) is 14.2 Å². The minimum Gasteiger partial charge on any atom is -0.493 e. The van der Waals surface area contributed by atoms with E-state index >= 15 is 0 Å². The van der Waals surface area contributed by atoms with E-state index in [4.69, 9.17) is 9.47 Å². The predicted molar refractivity (Wildman–Crippen MR) is 66.9 cm³/mol. The van der Waals surface area contributed by atoms with Crippen molar-refractivity contribution in [3.8, 4) is 0 Å². The van der Waals surface area contributed by atoms with Crippen molar-refractivity contribution < 1.29 is 9.47 Å². The second kappa shape index (κ2) is 5.97. The van der Waals surface area contributed by atoms with E-state index in [0.717, 1.165) is 23.9 Å². The average molecular weight is 224 g/mol. The Balaban J connectivity index is 2.91. The molecule has 0 aliphatic heterocycles. The molecule has 0 heterocycles. The summed E-state index contributed by atoms with van der Waals surface area (Å²) >= 11 is 0. The molecule has 0 saturated heterocycles. The number of hydrogen-bond donors (Lipinski definition) is 0. The lowest BCUT2D eigenvalue weighted by Gasteiger charge is -2.25. The summed E-state index contributed by atoms with van der Waals surface area (Å²) in [4.78, 5) is 0. The summed E-state index contributed by atoms with van der Waals surface area (Å²) in [5.41, 5.74) is 0. The van der Waals surface area contributed by atoms with Gasteiger partial charge in [0.1, 0.15) is 0 Å². The van der Waals surface area contributed by atoms with Gasteiger partial charge in [-0.1, -0.05) is 27.2 Å². The zero-order valence-corrected chi connectivity index (χ0v) is 11.1. The number of allylic oxidation sites excluding steroid dienone is 2. The molecule has 1 rings (SSSR count). The lowest BCUT2D eigenvalue weighted by Crippen LogP contribution is -2.17. The third-order valence-electron chi connectivity index (χ3n) is 3.72. The quantitative estimate of drug-likeness (QED) is 0.724. The smallest absolute Gasteiger partial charge is 0.156 e. The maximum absolute atomic E-state index is 5.37. The Morgan fingerprint density at radius 3 is 2.44 bits per heavy atom. The van der Waals surface area contributed by atoms with Crippen molar-refractivity contribution in [1.29, 1.82) is 0 Å². The second-order valence-electron chi connectivity index (χ2n) is 4.65. The summed E-state index contributed by atoms with van der Waals surface area (Å²) in [5, 5.41) is 0. The summed E-state index contributed by atoms with van der Waals surface area (Å²) in [6, 6.07) is 0. The Kier molecular flexibility index (Phi) is 4.91. The molecular weight excluding hydrogens is 200 g/mol. The maximum atomic E-state index is 5.37. The molecule has 0 radical (unpaired) electrons. The fourth-order valence-electron chi connectivity index (χ4n) is 2.41. The van der Waals surface area contributed by atoms with Crippen LogP contribution in [0.1, 0.15) is 33.6 Å². The number of ether oxygens (including phenoxy) is 2. The van der Waals surface area contributed by atoms with Crippen LogP contribution in [0, 0.1) is 17.8 Å². The Bertz CT molecular complexity index is 278. The van der Waals surface area contributed by atoms with E-state index < -0.39 is 0 Å². The van der Waals surface area contributed by atoms with Crippen molar-refractivity contribution in [3.63, 3.8) is 0 Å². The van der Waals surface area contributed by atoms with Crippen LogP contribution in [-0.2, 0) is 9.47 Å². The highest BCUT2D eigenvalue weighted by Crippen LogP contribution is 2.33. The van der Waals surface area contributed by atoms with Crippen LogP contribution >= 0.6 is 0 Å². The van der Waals surface area contributed by atoms with Crippen molar-refractivity contribution in [1.82, 2.24) is 0 Å². The summed E-state index contributed by atoms with van der Waals surface area (Å²) in [6.07, 6.45) is 6.65. The van der Waals surface area contributed by atoms with Gasteiger partial charge in [-0.15, -0.1) is 0 Å². The van der Waals surface area contributed by atoms with Crippen molar-refractivity contribution >= 4 is 0 Å². The Labute approximate surface area is 99.3 Å². The molecule has 3 atom stereocenters. The first-order valence-corrected chi connectivity index (χ1v) is 6.14. The largest absolute Gasteiger partial charge is 0.493 e. The van der Waals surface area contributed by atoms with Crippen LogP contribution in [0.4, 0.5) is 0 Å². The molecule has 1 aliphatic rings. The molecule has 0 aromatic heterocycles. The highest BCUT2D eigenvalue weighted by molar-refractivity contribution is 5.23. The van der Waals surface area contributed by atoms with Gasteiger partial charge in [-0.2, -0.15) is 0 Å². The Morgan fingerprint density at radius 2 is 1.94 bits per heavy atom. The minimum absolute atomic E-state index is 0.536. The SMILES string of the molecule is CCC(C)C1CC=C(OC)C(OC)=CC1C. The number of methoxy groups -OCH3 is 2. The van der Waals surface area contributed by atoms with E-state index in [2.05, 4.69) is 32.9 Å². The highest BCUT2D eigenvalue weighted by atomic mass is 16.5. The molecule has 3 unspecified atom stereocenters. The fourth-order valence-corrected chi connectivity index (χ4v) is 2.41. The van der Waals surface area contributed by atoms with E-state index in [1.165, 1.54) is 6.42 Å². The standard InChI is InChI=1S/C14H24O2/c1-6-10(2)12-7-8-13(15-4)14(16-5)9-11(12)3/h8-12H,6-7H2,1-5H3. The lowest BCUT2D eigenvalue weighted by molar-refractivity contribution is 0.218. The van der Waals surface area contributed by atoms with Gasteiger partial charge in [0.15, 0.2) is 11.5 Å². The van der Waals surface area contributed by atoms with E-state index in [-0.39, 0.29) is 0 Å². The topological polar surface area (TPSA) is 18.5 Å². The van der Waals surface area contributed by atoms with Crippen LogP contribution in [0.3, 0.4) is 0 Å². The molecule has 0 amide bonds. The highest BCUT2D eigenvalue weighted by Gasteiger charge is 2.24. The molecule has 2 heteroatoms. The summed E-state index contributed by atoms with van der Waals surface area (Å²) in [6.45, 7) is 6.85. The molecule has 0 saturated carbocycles. The summed E-state index contributed by atoms with van der Waals surface area (Å²) in [5.74, 6) is 3.70. The van der Waals surface area contributed by atoms with Gasteiger partial charge in [-0.05, 0) is 36.3 Å². The molecule has 2 nitrogen and oxygen atoms in total. The van der Waals surface area contributed by atoms with Crippen LogP contribution in [0.25, 0.3) is 0 Å². The monoisotopic (exact) mass is 224 g/mol. The van der Waals surface area contributed by atoms with Gasteiger partial charge in [0, 0.05) is 0 Å². The third kappa shape index (κ3) is 2.81. The van der Waals surface area contributed by atoms with Crippen molar-refractivity contribution in [2.24, 2.45) is 17.8 Å². The zero-order chi connectivity index (χ0) is 12.1. The molecule has 0 fully saturated rings. The molecule has 0 spiro atoms. The van der Waals surface area contributed by atoms with Crippen LogP contribution in [0.5, 0.6) is 0 Å². The molecule has 0 bridgehead atoms. The third-order valence-corrected chi connectivity index (χ3v) is 3.72. The Morgan fingerprint density at radius 1 is 1.31 bits per heavy atom. The van der Waals surface area contributed by atoms with Crippen molar-refractivity contribution in [2.75, 3.05) is 14.2 Å². The lowest BCUT2D eigenvalue weighted by atomic mass is 9.80. The van der Waals surface area contributed by atoms with E-state index in [9.17, 15) is 0 Å². The van der Waals surface area contributed by atoms with Crippen LogP contribution in [0.15, 0.2) is 23.7 Å². The zero-order valence-electron chi connectivity index (χ0n) is 11.1. The van der Waals surface area contributed by atoms with Crippen molar-refractivity contribution in [2.45, 2.75) is 33.6 Å². The molecule has 16 heavy (non-hydrogen) atoms. The van der Waals surface area contributed by atoms with Gasteiger partial charge in [0.25, 0.3) is 0 Å². The van der Waals surface area contributed by atoms with Gasteiger partial charge in [-0.3, -0.25) is 0 Å². The minimum atomic E-state index is 0.536. The Hall–Kier alpha value is -0.920. The maximum Gasteiger partial charge on any atom is 0.156 e. The van der Waals surface area contributed by atoms with Gasteiger partial charge in [-0.25, -0.2) is 0 Å². The molecular formula is C14H24O2. The van der Waals surface area contributed by atoms with E-state index in [1.807, 2.05) is 0 Å². The molecule has 0 aromatic carbocycles. The van der Waals surface area contributed by atoms with E-state index in [0.29, 0.717) is 11.8 Å². The summed E-state index contributed by atoms with van der Waals surface area (Å²) in [7, 11) is 3.40. The van der Waals surface area contributed by atoms with E-state index in [1.54, 1.807) is 14.2 Å². The van der Waals surface area contributed by atoms with Gasteiger partial charge >= 0.3 is 0 Å². The van der Waals surface area contributed by atoms with Crippen LogP contribution in [0.2, 0.25) is 0 Å². The van der Waals surface area contributed by atoms with Gasteiger partial charge < -0.3 is 9.47 Å². The number of hydrogen-bond acceptors (Lipinski definition) is 2. The van der Waals surface area contributed by atoms with Gasteiger partial charge in [0.05, 0.1) is 14.2 Å². The average Bonchev–Trinajstić information content (AvgIpc) is 2.46. The normalized spacial score (nSPS) is 27.6. The second-order valence-corrected chi connectivity index (χ2v) is 4.65. The fraction of sp³-hybridized carbons (Fsp3) is 0.714. The van der Waals surface area contributed by atoms with Crippen molar-refractivity contribution in [3.05, 3.63) is 23.7 Å². The predicted octanol–water partition coefficient (Wildman–Crippen LogP) is 3.75.